The molecule has 1 fully saturated rings. The highest BCUT2D eigenvalue weighted by Gasteiger charge is 2.30. The molecule has 178 valence electrons. The van der Waals surface area contributed by atoms with E-state index in [-0.39, 0.29) is 29.5 Å². The molecule has 1 aliphatic carbocycles. The highest BCUT2D eigenvalue weighted by atomic mass is 35.5. The number of aromatic amines is 1. The van der Waals surface area contributed by atoms with Gasteiger partial charge in [-0.2, -0.15) is 0 Å². The molecular weight excluding hydrogens is 464 g/mol. The first-order chi connectivity index (χ1) is 16.9. The quantitative estimate of drug-likeness (QED) is 0.389. The molecule has 4 aromatic rings. The minimum atomic E-state index is -0.200. The van der Waals surface area contributed by atoms with Crippen LogP contribution in [-0.2, 0) is 0 Å². The first-order valence-electron chi connectivity index (χ1n) is 11.6. The van der Waals surface area contributed by atoms with Gasteiger partial charge in [0.25, 0.3) is 17.4 Å². The number of nitrogens with one attached hydrogen (secondary N) is 3. The minimum Gasteiger partial charge on any atom is -0.360 e. The first kappa shape index (κ1) is 22.9. The number of aryl methyl sites for hydroxylation is 1. The summed E-state index contributed by atoms with van der Waals surface area (Å²) in [6.45, 7) is 1.87. The molecular formula is C27H25ClN4O3. The second kappa shape index (κ2) is 9.43. The molecule has 0 radical (unpaired) electrons. The molecule has 2 amide bonds. The monoisotopic (exact) mass is 488 g/mol. The summed E-state index contributed by atoms with van der Waals surface area (Å²) in [5, 5.41) is 7.65. The van der Waals surface area contributed by atoms with Gasteiger partial charge in [0.15, 0.2) is 0 Å². The van der Waals surface area contributed by atoms with Gasteiger partial charge in [0, 0.05) is 52.6 Å². The van der Waals surface area contributed by atoms with Crippen LogP contribution in [0, 0.1) is 6.92 Å². The fourth-order valence-corrected chi connectivity index (χ4v) is 4.95. The molecule has 5 rings (SSSR count). The number of carbonyl (C=O) groups excluding carboxylic acids is 2. The van der Waals surface area contributed by atoms with Gasteiger partial charge in [0.05, 0.1) is 10.7 Å². The zero-order chi connectivity index (χ0) is 24.5. The Balaban J connectivity index is 1.27. The minimum absolute atomic E-state index is 0.129. The number of benzene rings is 2. The van der Waals surface area contributed by atoms with Gasteiger partial charge in [-0.1, -0.05) is 23.7 Å². The summed E-state index contributed by atoms with van der Waals surface area (Å²) in [7, 11) is 0. The van der Waals surface area contributed by atoms with Crippen molar-refractivity contribution in [1.29, 1.82) is 0 Å². The number of halogens is 1. The Morgan fingerprint density at radius 3 is 2.34 bits per heavy atom. The molecule has 8 heteroatoms. The largest absolute Gasteiger partial charge is 0.360 e. The third kappa shape index (κ3) is 4.59. The molecule has 2 aromatic heterocycles. The van der Waals surface area contributed by atoms with Gasteiger partial charge in [-0.25, -0.2) is 0 Å². The van der Waals surface area contributed by atoms with E-state index in [4.69, 9.17) is 11.6 Å². The predicted octanol–water partition coefficient (Wildman–Crippen LogP) is 4.36. The molecule has 3 N–H and O–H groups in total. The highest BCUT2D eigenvalue weighted by molar-refractivity contribution is 6.35. The number of carbonyl (C=O) groups is 2. The normalized spacial score (nSPS) is 17.4. The van der Waals surface area contributed by atoms with Gasteiger partial charge in [-0.3, -0.25) is 19.0 Å². The lowest BCUT2D eigenvalue weighted by atomic mass is 10.1. The van der Waals surface area contributed by atoms with Gasteiger partial charge in [0.2, 0.25) is 0 Å². The van der Waals surface area contributed by atoms with Crippen molar-refractivity contribution in [3.8, 4) is 5.69 Å². The van der Waals surface area contributed by atoms with Crippen molar-refractivity contribution in [2.45, 2.75) is 38.3 Å². The highest BCUT2D eigenvalue weighted by Crippen LogP contribution is 2.25. The van der Waals surface area contributed by atoms with E-state index in [1.54, 1.807) is 59.4 Å². The van der Waals surface area contributed by atoms with Crippen molar-refractivity contribution in [3.05, 3.63) is 99.1 Å². The van der Waals surface area contributed by atoms with Crippen LogP contribution in [0.2, 0.25) is 5.02 Å². The fraction of sp³-hybridized carbons (Fsp3) is 0.222. The van der Waals surface area contributed by atoms with Crippen molar-refractivity contribution in [3.63, 3.8) is 0 Å². The van der Waals surface area contributed by atoms with E-state index in [9.17, 15) is 14.4 Å². The number of nitrogens with zero attached hydrogens (tertiary/aromatic N) is 1. The van der Waals surface area contributed by atoms with E-state index >= 15 is 0 Å². The Labute approximate surface area is 207 Å². The summed E-state index contributed by atoms with van der Waals surface area (Å²) in [6.07, 6.45) is 5.90. The van der Waals surface area contributed by atoms with Crippen LogP contribution in [0.4, 0.5) is 0 Å². The number of amides is 2. The number of H-pyrrole nitrogens is 1. The molecule has 7 nitrogen and oxygen atoms in total. The summed E-state index contributed by atoms with van der Waals surface area (Å²) in [5.74, 6) is -0.383. The lowest BCUT2D eigenvalue weighted by Crippen LogP contribution is -2.48. The number of pyridine rings is 1. The Bertz CT molecular complexity index is 1490. The van der Waals surface area contributed by atoms with Gasteiger partial charge in [-0.15, -0.1) is 0 Å². The first-order valence-corrected chi connectivity index (χ1v) is 12.0. The standard InChI is InChI=1S/C27H25ClN4O3/c1-16-13-17(9-11-24(16)32-12-3-2-7-25(32)33)26(34)30-21-5-4-6-22(21)31-27(35)18-8-10-19-20(28)15-29-23(19)14-18/h2-3,7-15,21-22,29H,4-6H2,1H3,(H,30,34)(H,31,35)/t21?,22-/m1/s1. The molecule has 0 bridgehead atoms. The van der Waals surface area contributed by atoms with Crippen LogP contribution in [0.5, 0.6) is 0 Å². The molecule has 0 aliphatic heterocycles. The van der Waals surface area contributed by atoms with Crippen LogP contribution in [0.3, 0.4) is 0 Å². The third-order valence-corrected chi connectivity index (χ3v) is 6.90. The van der Waals surface area contributed by atoms with Crippen molar-refractivity contribution < 1.29 is 9.59 Å². The Morgan fingerprint density at radius 1 is 0.971 bits per heavy atom. The van der Waals surface area contributed by atoms with E-state index in [0.717, 1.165) is 41.4 Å². The van der Waals surface area contributed by atoms with Crippen LogP contribution in [0.1, 0.15) is 45.5 Å². The zero-order valence-corrected chi connectivity index (χ0v) is 19.9. The van der Waals surface area contributed by atoms with Crippen molar-refractivity contribution >= 4 is 34.3 Å². The van der Waals surface area contributed by atoms with Crippen LogP contribution in [-0.4, -0.2) is 33.4 Å². The summed E-state index contributed by atoms with van der Waals surface area (Å²) < 4.78 is 1.55. The summed E-state index contributed by atoms with van der Waals surface area (Å²) in [5.41, 5.74) is 3.28. The topological polar surface area (TPSA) is 96.0 Å². The average molecular weight is 489 g/mol. The lowest BCUT2D eigenvalue weighted by molar-refractivity contribution is 0.0892. The Kier molecular flexibility index (Phi) is 6.17. The van der Waals surface area contributed by atoms with Crippen LogP contribution < -0.4 is 16.2 Å². The third-order valence-electron chi connectivity index (χ3n) is 6.58. The van der Waals surface area contributed by atoms with E-state index in [1.807, 2.05) is 13.0 Å². The van der Waals surface area contributed by atoms with Crippen molar-refractivity contribution in [2.75, 3.05) is 0 Å². The smallest absolute Gasteiger partial charge is 0.255 e. The van der Waals surface area contributed by atoms with Crippen molar-refractivity contribution in [2.24, 2.45) is 0 Å². The summed E-state index contributed by atoms with van der Waals surface area (Å²) >= 11 is 6.13. The summed E-state index contributed by atoms with van der Waals surface area (Å²) in [6, 6.07) is 15.3. The maximum Gasteiger partial charge on any atom is 0.255 e. The van der Waals surface area contributed by atoms with Gasteiger partial charge in [-0.05, 0) is 68.1 Å². The second-order valence-corrected chi connectivity index (χ2v) is 9.31. The van der Waals surface area contributed by atoms with Crippen LogP contribution >= 0.6 is 11.6 Å². The molecule has 1 saturated carbocycles. The number of rotatable bonds is 5. The average Bonchev–Trinajstić information content (AvgIpc) is 3.45. The van der Waals surface area contributed by atoms with Gasteiger partial charge < -0.3 is 15.6 Å². The molecule has 2 aromatic carbocycles. The molecule has 0 spiro atoms. The maximum atomic E-state index is 13.0. The number of hydrogen-bond acceptors (Lipinski definition) is 3. The van der Waals surface area contributed by atoms with E-state index in [0.29, 0.717) is 16.1 Å². The number of hydrogen-bond donors (Lipinski definition) is 3. The van der Waals surface area contributed by atoms with E-state index < -0.39 is 0 Å². The lowest BCUT2D eigenvalue weighted by Gasteiger charge is -2.22. The number of fused-ring (bicyclic) bond motifs is 1. The Morgan fingerprint density at radius 2 is 1.66 bits per heavy atom. The SMILES string of the molecule is Cc1cc(C(=O)NC2CCC[C@H]2NC(=O)c2ccc3c(Cl)c[nH]c3c2)ccc1-n1ccccc1=O. The Hall–Kier alpha value is -3.84. The molecule has 2 atom stereocenters. The second-order valence-electron chi connectivity index (χ2n) is 8.90. The predicted molar refractivity (Wildman–Crippen MR) is 136 cm³/mol. The van der Waals surface area contributed by atoms with Gasteiger partial charge >= 0.3 is 0 Å². The zero-order valence-electron chi connectivity index (χ0n) is 19.2. The van der Waals surface area contributed by atoms with Crippen LogP contribution in [0.25, 0.3) is 16.6 Å². The van der Waals surface area contributed by atoms with E-state index in [1.165, 1.54) is 6.07 Å². The molecule has 0 saturated heterocycles. The molecule has 35 heavy (non-hydrogen) atoms. The van der Waals surface area contributed by atoms with E-state index in [2.05, 4.69) is 15.6 Å². The summed E-state index contributed by atoms with van der Waals surface area (Å²) in [4.78, 5) is 41.1. The van der Waals surface area contributed by atoms with Crippen LogP contribution in [0.15, 0.2) is 71.8 Å². The van der Waals surface area contributed by atoms with Crippen molar-refractivity contribution in [1.82, 2.24) is 20.2 Å². The number of aromatic nitrogens is 2. The van der Waals surface area contributed by atoms with Gasteiger partial charge in [0.1, 0.15) is 0 Å². The fourth-order valence-electron chi connectivity index (χ4n) is 4.73. The molecule has 1 aliphatic rings. The molecule has 1 unspecified atom stereocenters. The maximum absolute atomic E-state index is 13.0. The molecule has 2 heterocycles.